The predicted octanol–water partition coefficient (Wildman–Crippen LogP) is 4.00. The Labute approximate surface area is 163 Å². The fourth-order valence-corrected chi connectivity index (χ4v) is 4.35. The van der Waals surface area contributed by atoms with Crippen molar-refractivity contribution in [3.8, 4) is 0 Å². The van der Waals surface area contributed by atoms with Crippen LogP contribution >= 0.6 is 15.9 Å². The number of nitrogens with one attached hydrogen (secondary N) is 1. The molecule has 2 aromatic rings. The maximum Gasteiger partial charge on any atom is 0.224 e. The first-order valence-corrected chi connectivity index (χ1v) is 10.2. The largest absolute Gasteiger partial charge is 0.381 e. The van der Waals surface area contributed by atoms with E-state index < -0.39 is 0 Å². The number of halogens is 1. The quantitative estimate of drug-likeness (QED) is 0.797. The summed E-state index contributed by atoms with van der Waals surface area (Å²) in [7, 11) is 0. The van der Waals surface area contributed by atoms with E-state index in [1.165, 1.54) is 18.4 Å². The van der Waals surface area contributed by atoms with Gasteiger partial charge in [0.05, 0.1) is 0 Å². The van der Waals surface area contributed by atoms with Gasteiger partial charge in [0, 0.05) is 48.9 Å². The van der Waals surface area contributed by atoms with E-state index in [0.29, 0.717) is 0 Å². The zero-order chi connectivity index (χ0) is 17.8. The van der Waals surface area contributed by atoms with Gasteiger partial charge in [-0.2, -0.15) is 4.98 Å². The third kappa shape index (κ3) is 3.86. The molecule has 0 radical (unpaired) electrons. The number of ether oxygens (including phenoxy) is 1. The smallest absolute Gasteiger partial charge is 0.224 e. The highest BCUT2D eigenvalue weighted by Crippen LogP contribution is 2.36. The van der Waals surface area contributed by atoms with Gasteiger partial charge in [0.1, 0.15) is 5.82 Å². The van der Waals surface area contributed by atoms with Gasteiger partial charge in [0.15, 0.2) is 0 Å². The van der Waals surface area contributed by atoms with Crippen molar-refractivity contribution >= 4 is 27.7 Å². The molecule has 0 amide bonds. The first-order chi connectivity index (χ1) is 12.8. The van der Waals surface area contributed by atoms with E-state index in [1.54, 1.807) is 0 Å². The lowest BCUT2D eigenvalue weighted by Crippen LogP contribution is -2.40. The van der Waals surface area contributed by atoms with Crippen molar-refractivity contribution in [2.75, 3.05) is 43.1 Å². The predicted molar refractivity (Wildman–Crippen MR) is 108 cm³/mol. The minimum absolute atomic E-state index is 0.0506. The Balaban J connectivity index is 1.53. The molecule has 1 aromatic carbocycles. The summed E-state index contributed by atoms with van der Waals surface area (Å²) in [4.78, 5) is 11.5. The molecule has 2 aliphatic heterocycles. The molecule has 3 heterocycles. The summed E-state index contributed by atoms with van der Waals surface area (Å²) >= 11 is 3.61. The summed E-state index contributed by atoms with van der Waals surface area (Å²) in [5.41, 5.74) is 1.40. The van der Waals surface area contributed by atoms with Crippen LogP contribution in [0.25, 0.3) is 0 Å². The zero-order valence-electron chi connectivity index (χ0n) is 15.0. The van der Waals surface area contributed by atoms with Gasteiger partial charge in [-0.1, -0.05) is 28.1 Å². The van der Waals surface area contributed by atoms with Gasteiger partial charge in [-0.25, -0.2) is 4.98 Å². The Morgan fingerprint density at radius 2 is 1.96 bits per heavy atom. The number of anilines is 2. The highest BCUT2D eigenvalue weighted by Gasteiger charge is 2.34. The Morgan fingerprint density at radius 1 is 1.15 bits per heavy atom. The van der Waals surface area contributed by atoms with E-state index in [1.807, 2.05) is 12.3 Å². The summed E-state index contributed by atoms with van der Waals surface area (Å²) in [5.74, 6) is 1.75. The van der Waals surface area contributed by atoms with Gasteiger partial charge < -0.3 is 15.0 Å². The Hall–Kier alpha value is -1.66. The van der Waals surface area contributed by atoms with E-state index in [4.69, 9.17) is 9.72 Å². The van der Waals surface area contributed by atoms with Crippen LogP contribution in [0.1, 0.15) is 31.2 Å². The van der Waals surface area contributed by atoms with Crippen molar-refractivity contribution in [2.24, 2.45) is 0 Å². The number of hydrogen-bond acceptors (Lipinski definition) is 5. The van der Waals surface area contributed by atoms with Crippen LogP contribution in [0.5, 0.6) is 0 Å². The number of nitrogens with zero attached hydrogens (tertiary/aromatic N) is 3. The van der Waals surface area contributed by atoms with Crippen molar-refractivity contribution in [3.05, 3.63) is 46.6 Å². The second kappa shape index (κ2) is 7.92. The van der Waals surface area contributed by atoms with Gasteiger partial charge in [-0.05, 0) is 49.4 Å². The lowest BCUT2D eigenvalue weighted by Gasteiger charge is -2.38. The maximum atomic E-state index is 5.64. The van der Waals surface area contributed by atoms with E-state index in [-0.39, 0.29) is 5.41 Å². The molecule has 0 atom stereocenters. The molecule has 0 aliphatic carbocycles. The van der Waals surface area contributed by atoms with Crippen LogP contribution in [-0.2, 0) is 10.2 Å². The van der Waals surface area contributed by atoms with Crippen LogP contribution in [0.15, 0.2) is 41.0 Å². The molecule has 1 aromatic heterocycles. The van der Waals surface area contributed by atoms with Gasteiger partial charge in [0.2, 0.25) is 5.95 Å². The third-order valence-corrected chi connectivity index (χ3v) is 6.04. The molecule has 4 rings (SSSR count). The molecular formula is C20H25BrN4O. The lowest BCUT2D eigenvalue weighted by molar-refractivity contribution is 0.0543. The first kappa shape index (κ1) is 17.7. The summed E-state index contributed by atoms with van der Waals surface area (Å²) in [5, 5.41) is 3.52. The van der Waals surface area contributed by atoms with Gasteiger partial charge in [-0.15, -0.1) is 0 Å². The van der Waals surface area contributed by atoms with Gasteiger partial charge >= 0.3 is 0 Å². The van der Waals surface area contributed by atoms with E-state index >= 15 is 0 Å². The molecule has 2 fully saturated rings. The molecule has 1 N–H and O–H groups in total. The fraction of sp³-hybridized carbons (Fsp3) is 0.500. The average Bonchev–Trinajstić information content (AvgIpc) is 3.22. The van der Waals surface area contributed by atoms with E-state index in [0.717, 1.165) is 61.9 Å². The molecule has 0 saturated carbocycles. The maximum absolute atomic E-state index is 5.64. The molecular weight excluding hydrogens is 392 g/mol. The summed E-state index contributed by atoms with van der Waals surface area (Å²) in [6.45, 7) is 4.59. The van der Waals surface area contributed by atoms with Crippen molar-refractivity contribution in [1.29, 1.82) is 0 Å². The van der Waals surface area contributed by atoms with Crippen molar-refractivity contribution < 1.29 is 4.74 Å². The summed E-state index contributed by atoms with van der Waals surface area (Å²) in [6, 6.07) is 10.6. The first-order valence-electron chi connectivity index (χ1n) is 9.41. The monoisotopic (exact) mass is 416 g/mol. The zero-order valence-corrected chi connectivity index (χ0v) is 16.5. The minimum atomic E-state index is 0.0506. The van der Waals surface area contributed by atoms with Crippen molar-refractivity contribution in [1.82, 2.24) is 9.97 Å². The molecule has 6 heteroatoms. The van der Waals surface area contributed by atoms with Crippen LogP contribution in [0.4, 0.5) is 11.8 Å². The topological polar surface area (TPSA) is 50.3 Å². The number of benzene rings is 1. The Morgan fingerprint density at radius 3 is 2.73 bits per heavy atom. The molecule has 0 unspecified atom stereocenters. The lowest BCUT2D eigenvalue weighted by atomic mass is 9.74. The van der Waals surface area contributed by atoms with Crippen LogP contribution in [0.2, 0.25) is 0 Å². The SMILES string of the molecule is Brc1cccc(C2(CNc3nccc(N4CCCC4)n3)CCOCC2)c1. The standard InChI is InChI=1S/C20H25BrN4O/c21-17-5-3-4-16(14-17)20(7-12-26-13-8-20)15-23-19-22-9-6-18(24-19)25-10-1-2-11-25/h3-6,9,14H,1-2,7-8,10-13,15H2,(H,22,23,24). The van der Waals surface area contributed by atoms with Crippen LogP contribution in [0, 0.1) is 0 Å². The highest BCUT2D eigenvalue weighted by molar-refractivity contribution is 9.10. The fourth-order valence-electron chi connectivity index (χ4n) is 3.95. The highest BCUT2D eigenvalue weighted by atomic mass is 79.9. The number of aromatic nitrogens is 2. The van der Waals surface area contributed by atoms with Crippen LogP contribution < -0.4 is 10.2 Å². The van der Waals surface area contributed by atoms with Crippen LogP contribution in [-0.4, -0.2) is 42.8 Å². The Kier molecular flexibility index (Phi) is 5.41. The van der Waals surface area contributed by atoms with E-state index in [2.05, 4.69) is 55.4 Å². The molecule has 26 heavy (non-hydrogen) atoms. The van der Waals surface area contributed by atoms with Gasteiger partial charge in [0.25, 0.3) is 0 Å². The van der Waals surface area contributed by atoms with E-state index in [9.17, 15) is 0 Å². The number of rotatable bonds is 5. The van der Waals surface area contributed by atoms with Crippen molar-refractivity contribution in [3.63, 3.8) is 0 Å². The second-order valence-electron chi connectivity index (χ2n) is 7.19. The third-order valence-electron chi connectivity index (χ3n) is 5.54. The Bertz CT molecular complexity index is 742. The summed E-state index contributed by atoms with van der Waals surface area (Å²) in [6.07, 6.45) is 6.36. The number of hydrogen-bond donors (Lipinski definition) is 1. The second-order valence-corrected chi connectivity index (χ2v) is 8.10. The molecule has 2 saturated heterocycles. The molecule has 138 valence electrons. The van der Waals surface area contributed by atoms with Crippen molar-refractivity contribution in [2.45, 2.75) is 31.1 Å². The normalized spacial score (nSPS) is 19.5. The molecule has 5 nitrogen and oxygen atoms in total. The summed E-state index contributed by atoms with van der Waals surface area (Å²) < 4.78 is 6.76. The molecule has 0 spiro atoms. The molecule has 2 aliphatic rings. The van der Waals surface area contributed by atoms with Crippen LogP contribution in [0.3, 0.4) is 0 Å². The van der Waals surface area contributed by atoms with Gasteiger partial charge in [-0.3, -0.25) is 0 Å². The molecule has 0 bridgehead atoms. The average molecular weight is 417 g/mol. The minimum Gasteiger partial charge on any atom is -0.381 e.